The van der Waals surface area contributed by atoms with Gasteiger partial charge in [0.25, 0.3) is 0 Å². The average molecular weight is 277 g/mol. The monoisotopic (exact) mass is 277 g/mol. The lowest BCUT2D eigenvalue weighted by molar-refractivity contribution is 1.78. The third kappa shape index (κ3) is 1.27. The van der Waals surface area contributed by atoms with Crippen molar-refractivity contribution in [2.24, 2.45) is 0 Å². The smallest absolute Gasteiger partial charge is 0.194 e. The summed E-state index contributed by atoms with van der Waals surface area (Å²) in [5.74, 6) is 0. The molecule has 100 valence electrons. The first-order valence-electron chi connectivity index (χ1n) is 7.34. The Labute approximate surface area is 127 Å². The van der Waals surface area contributed by atoms with Gasteiger partial charge in [0, 0.05) is 0 Å². The number of nitrogens with zero attached hydrogens (tertiary/aromatic N) is 1. The Balaban J connectivity index is 2.26. The van der Waals surface area contributed by atoms with Crippen LogP contribution < -0.4 is 0 Å². The highest BCUT2D eigenvalue weighted by molar-refractivity contribution is 6.33. The Kier molecular flexibility index (Phi) is 2.08. The number of benzene rings is 5. The van der Waals surface area contributed by atoms with Crippen molar-refractivity contribution in [3.8, 4) is 0 Å². The summed E-state index contributed by atoms with van der Waals surface area (Å²) in [4.78, 5) is 3.69. The highest BCUT2D eigenvalue weighted by Gasteiger charge is 2.13. The Hall–Kier alpha value is -3.11. The van der Waals surface area contributed by atoms with Crippen molar-refractivity contribution in [3.63, 3.8) is 0 Å². The predicted octanol–water partition coefficient (Wildman–Crippen LogP) is 6.29. The molecular formula is C21H11N. The molecule has 5 aromatic carbocycles. The summed E-state index contributed by atoms with van der Waals surface area (Å²) in [5, 5.41) is 9.87. The molecule has 0 spiro atoms. The number of fused-ring (bicyclic) bond motifs is 2. The summed E-state index contributed by atoms with van der Waals surface area (Å²) in [6.45, 7) is 7.43. The lowest BCUT2D eigenvalue weighted by Gasteiger charge is -2.14. The van der Waals surface area contributed by atoms with Crippen LogP contribution in [0.15, 0.2) is 66.7 Å². The van der Waals surface area contributed by atoms with Gasteiger partial charge < -0.3 is 0 Å². The lowest BCUT2D eigenvalue weighted by Crippen LogP contribution is -1.86. The van der Waals surface area contributed by atoms with E-state index in [0.717, 1.165) is 11.1 Å². The molecular weight excluding hydrogens is 266 g/mol. The van der Waals surface area contributed by atoms with Crippen LogP contribution in [0.3, 0.4) is 0 Å². The van der Waals surface area contributed by atoms with Gasteiger partial charge in [0.15, 0.2) is 5.69 Å². The van der Waals surface area contributed by atoms with Gasteiger partial charge in [0.1, 0.15) is 0 Å². The van der Waals surface area contributed by atoms with Crippen LogP contribution in [0.4, 0.5) is 5.69 Å². The Bertz CT molecular complexity index is 1170. The summed E-state index contributed by atoms with van der Waals surface area (Å²) in [7, 11) is 0. The van der Waals surface area contributed by atoms with E-state index in [0.29, 0.717) is 0 Å². The van der Waals surface area contributed by atoms with Gasteiger partial charge in [-0.3, -0.25) is 0 Å². The third-order valence-corrected chi connectivity index (χ3v) is 4.62. The summed E-state index contributed by atoms with van der Waals surface area (Å²) >= 11 is 0. The minimum absolute atomic E-state index is 0.729. The van der Waals surface area contributed by atoms with Crippen molar-refractivity contribution in [2.75, 3.05) is 0 Å². The fraction of sp³-hybridized carbons (Fsp3) is 0. The van der Waals surface area contributed by atoms with Gasteiger partial charge in [-0.1, -0.05) is 66.7 Å². The topological polar surface area (TPSA) is 4.36 Å². The second kappa shape index (κ2) is 3.96. The van der Waals surface area contributed by atoms with E-state index in [1.165, 1.54) is 37.7 Å². The normalized spacial score (nSPS) is 11.6. The van der Waals surface area contributed by atoms with Crippen molar-refractivity contribution in [2.45, 2.75) is 0 Å². The number of rotatable bonds is 0. The molecule has 0 aromatic heterocycles. The van der Waals surface area contributed by atoms with Crippen LogP contribution in [-0.4, -0.2) is 0 Å². The molecule has 0 saturated heterocycles. The van der Waals surface area contributed by atoms with E-state index in [4.69, 9.17) is 6.57 Å². The molecule has 0 unspecified atom stereocenters. The standard InChI is InChI=1S/C21H11N/c1-22-19-12-11-17-15-8-3-6-13-5-2-7-14(20(13)15)16-9-4-10-18(19)21(16)17/h2-12H. The molecule has 1 nitrogen and oxygen atoms in total. The molecule has 0 aliphatic rings. The van der Waals surface area contributed by atoms with Gasteiger partial charge in [-0.2, -0.15) is 0 Å². The molecule has 1 heteroatoms. The molecule has 0 amide bonds. The highest BCUT2D eigenvalue weighted by atomic mass is 14.6. The van der Waals surface area contributed by atoms with Crippen molar-refractivity contribution in [1.82, 2.24) is 0 Å². The molecule has 0 saturated carbocycles. The zero-order chi connectivity index (χ0) is 14.7. The van der Waals surface area contributed by atoms with Gasteiger partial charge in [0.2, 0.25) is 0 Å². The van der Waals surface area contributed by atoms with E-state index in [-0.39, 0.29) is 0 Å². The fourth-order valence-electron chi connectivity index (χ4n) is 3.73. The zero-order valence-corrected chi connectivity index (χ0v) is 11.8. The van der Waals surface area contributed by atoms with Crippen LogP contribution >= 0.6 is 0 Å². The minimum Gasteiger partial charge on any atom is -0.238 e. The summed E-state index contributed by atoms with van der Waals surface area (Å²) in [5.41, 5.74) is 0.729. The van der Waals surface area contributed by atoms with E-state index < -0.39 is 0 Å². The fourth-order valence-corrected chi connectivity index (χ4v) is 3.73. The first-order valence-corrected chi connectivity index (χ1v) is 7.34. The Morgan fingerprint density at radius 3 is 1.77 bits per heavy atom. The van der Waals surface area contributed by atoms with Gasteiger partial charge >= 0.3 is 0 Å². The lowest BCUT2D eigenvalue weighted by atomic mass is 9.89. The van der Waals surface area contributed by atoms with Crippen LogP contribution in [0.2, 0.25) is 0 Å². The molecule has 0 atom stereocenters. The molecule has 0 bridgehead atoms. The molecule has 5 rings (SSSR count). The molecule has 5 aromatic rings. The maximum atomic E-state index is 7.43. The van der Waals surface area contributed by atoms with E-state index in [1.807, 2.05) is 6.07 Å². The van der Waals surface area contributed by atoms with Crippen LogP contribution in [0, 0.1) is 6.57 Å². The summed E-state index contributed by atoms with van der Waals surface area (Å²) in [6.07, 6.45) is 0. The maximum Gasteiger partial charge on any atom is 0.194 e. The van der Waals surface area contributed by atoms with Crippen molar-refractivity contribution in [3.05, 3.63) is 78.1 Å². The van der Waals surface area contributed by atoms with Crippen LogP contribution in [0.25, 0.3) is 47.9 Å². The van der Waals surface area contributed by atoms with Crippen molar-refractivity contribution >= 4 is 48.8 Å². The molecule has 0 N–H and O–H groups in total. The molecule has 0 heterocycles. The molecule has 0 aliphatic heterocycles. The number of hydrogen-bond donors (Lipinski definition) is 0. The van der Waals surface area contributed by atoms with Crippen LogP contribution in [-0.2, 0) is 0 Å². The van der Waals surface area contributed by atoms with E-state index >= 15 is 0 Å². The highest BCUT2D eigenvalue weighted by Crippen LogP contribution is 2.42. The summed E-state index contributed by atoms with van der Waals surface area (Å²) in [6, 6.07) is 23.3. The van der Waals surface area contributed by atoms with Crippen molar-refractivity contribution in [1.29, 1.82) is 0 Å². The van der Waals surface area contributed by atoms with Crippen molar-refractivity contribution < 1.29 is 0 Å². The minimum atomic E-state index is 0.729. The average Bonchev–Trinajstić information content (AvgIpc) is 2.59. The van der Waals surface area contributed by atoms with Crippen LogP contribution in [0.1, 0.15) is 0 Å². The van der Waals surface area contributed by atoms with Crippen LogP contribution in [0.5, 0.6) is 0 Å². The van der Waals surface area contributed by atoms with E-state index in [2.05, 4.69) is 65.5 Å². The first-order chi connectivity index (χ1) is 10.9. The van der Waals surface area contributed by atoms with Gasteiger partial charge in [-0.25, -0.2) is 4.85 Å². The third-order valence-electron chi connectivity index (χ3n) is 4.62. The molecule has 0 fully saturated rings. The SMILES string of the molecule is [C-]#[N+]c1ccc2c3cccc4cccc(c5cccc1c52)c43. The van der Waals surface area contributed by atoms with Gasteiger partial charge in [-0.15, -0.1) is 0 Å². The van der Waals surface area contributed by atoms with Gasteiger partial charge in [-0.05, 0) is 43.1 Å². The maximum absolute atomic E-state index is 7.43. The molecule has 22 heavy (non-hydrogen) atoms. The summed E-state index contributed by atoms with van der Waals surface area (Å²) < 4.78 is 0. The zero-order valence-electron chi connectivity index (χ0n) is 11.8. The predicted molar refractivity (Wildman–Crippen MR) is 93.9 cm³/mol. The molecule has 0 aliphatic carbocycles. The Morgan fingerprint density at radius 1 is 0.545 bits per heavy atom. The van der Waals surface area contributed by atoms with Gasteiger partial charge in [0.05, 0.1) is 6.57 Å². The van der Waals surface area contributed by atoms with E-state index in [9.17, 15) is 0 Å². The Morgan fingerprint density at radius 2 is 1.09 bits per heavy atom. The second-order valence-electron chi connectivity index (χ2n) is 5.68. The molecule has 0 radical (unpaired) electrons. The quantitative estimate of drug-likeness (QED) is 0.178. The number of hydrogen-bond acceptors (Lipinski definition) is 0. The first kappa shape index (κ1) is 11.5. The second-order valence-corrected chi connectivity index (χ2v) is 5.68. The van der Waals surface area contributed by atoms with E-state index in [1.54, 1.807) is 0 Å². The largest absolute Gasteiger partial charge is 0.238 e.